The summed E-state index contributed by atoms with van der Waals surface area (Å²) in [7, 11) is 1.60. The third kappa shape index (κ3) is 2.93. The number of nitrogens with zero attached hydrogens (tertiary/aromatic N) is 2. The maximum Gasteiger partial charge on any atom is 0.259 e. The molecule has 0 bridgehead atoms. The van der Waals surface area contributed by atoms with Gasteiger partial charge in [-0.15, -0.1) is 0 Å². The van der Waals surface area contributed by atoms with E-state index >= 15 is 0 Å². The van der Waals surface area contributed by atoms with E-state index in [0.29, 0.717) is 17.9 Å². The van der Waals surface area contributed by atoms with Crippen LogP contribution in [0.3, 0.4) is 0 Å². The van der Waals surface area contributed by atoms with Crippen molar-refractivity contribution in [3.8, 4) is 5.75 Å². The molecule has 120 valence electrons. The van der Waals surface area contributed by atoms with Gasteiger partial charge in [-0.05, 0) is 53.2 Å². The molecule has 23 heavy (non-hydrogen) atoms. The Morgan fingerprint density at radius 2 is 1.91 bits per heavy atom. The number of anilines is 2. The average molecular weight is 375 g/mol. The molecule has 0 unspecified atom stereocenters. The first-order valence-corrected chi connectivity index (χ1v) is 8.44. The van der Waals surface area contributed by atoms with E-state index in [4.69, 9.17) is 4.74 Å². The lowest BCUT2D eigenvalue weighted by atomic mass is 10.1. The lowest BCUT2D eigenvalue weighted by molar-refractivity contribution is 0.0985. The van der Waals surface area contributed by atoms with E-state index in [2.05, 4.69) is 33.8 Å². The van der Waals surface area contributed by atoms with E-state index in [-0.39, 0.29) is 5.91 Å². The second-order valence-corrected chi connectivity index (χ2v) is 6.23. The fourth-order valence-corrected chi connectivity index (χ4v) is 3.32. The SMILES string of the molecule is CCN1CCN(C(=O)c2cc(OC)ccc2Br)c2ccccc21. The molecule has 2 aromatic rings. The lowest BCUT2D eigenvalue weighted by Gasteiger charge is -2.37. The fourth-order valence-electron chi connectivity index (χ4n) is 2.90. The molecule has 0 aliphatic carbocycles. The summed E-state index contributed by atoms with van der Waals surface area (Å²) < 4.78 is 6.03. The quantitative estimate of drug-likeness (QED) is 0.815. The van der Waals surface area contributed by atoms with Crippen LogP contribution in [0.5, 0.6) is 5.75 Å². The van der Waals surface area contributed by atoms with E-state index in [0.717, 1.165) is 28.9 Å². The van der Waals surface area contributed by atoms with E-state index in [1.807, 2.05) is 35.2 Å². The van der Waals surface area contributed by atoms with Crippen molar-refractivity contribution < 1.29 is 9.53 Å². The third-order valence-corrected chi connectivity index (χ3v) is 4.83. The van der Waals surface area contributed by atoms with Crippen LogP contribution in [0.1, 0.15) is 17.3 Å². The molecule has 0 fully saturated rings. The molecule has 0 saturated carbocycles. The number of fused-ring (bicyclic) bond motifs is 1. The third-order valence-electron chi connectivity index (χ3n) is 4.14. The van der Waals surface area contributed by atoms with Gasteiger partial charge in [0.1, 0.15) is 5.75 Å². The largest absolute Gasteiger partial charge is 0.497 e. The zero-order chi connectivity index (χ0) is 16.4. The Morgan fingerprint density at radius 3 is 2.61 bits per heavy atom. The molecular weight excluding hydrogens is 356 g/mol. The van der Waals surface area contributed by atoms with Gasteiger partial charge in [0.25, 0.3) is 5.91 Å². The minimum absolute atomic E-state index is 0.0148. The van der Waals surface area contributed by atoms with Gasteiger partial charge >= 0.3 is 0 Å². The van der Waals surface area contributed by atoms with Crippen LogP contribution >= 0.6 is 15.9 Å². The highest BCUT2D eigenvalue weighted by molar-refractivity contribution is 9.10. The lowest BCUT2D eigenvalue weighted by Crippen LogP contribution is -2.44. The maximum absolute atomic E-state index is 13.1. The number of hydrogen-bond donors (Lipinski definition) is 0. The Balaban J connectivity index is 2.01. The Kier molecular flexibility index (Phi) is 4.57. The number of rotatable bonds is 3. The van der Waals surface area contributed by atoms with Gasteiger partial charge in [0.2, 0.25) is 0 Å². The molecule has 1 aliphatic heterocycles. The van der Waals surface area contributed by atoms with Gasteiger partial charge in [-0.3, -0.25) is 4.79 Å². The van der Waals surface area contributed by atoms with Gasteiger partial charge in [0.15, 0.2) is 0 Å². The molecule has 0 aromatic heterocycles. The predicted molar refractivity (Wildman–Crippen MR) is 96.7 cm³/mol. The Bertz CT molecular complexity index is 733. The van der Waals surface area contributed by atoms with E-state index in [1.54, 1.807) is 13.2 Å². The first-order valence-electron chi connectivity index (χ1n) is 7.65. The summed E-state index contributed by atoms with van der Waals surface area (Å²) in [5.41, 5.74) is 2.68. The zero-order valence-electron chi connectivity index (χ0n) is 13.3. The van der Waals surface area contributed by atoms with Crippen LogP contribution in [-0.4, -0.2) is 32.7 Å². The predicted octanol–water partition coefficient (Wildman–Crippen LogP) is 3.94. The van der Waals surface area contributed by atoms with Crippen LogP contribution in [0.15, 0.2) is 46.9 Å². The monoisotopic (exact) mass is 374 g/mol. The summed E-state index contributed by atoms with van der Waals surface area (Å²) in [4.78, 5) is 17.2. The van der Waals surface area contributed by atoms with Crippen molar-refractivity contribution in [3.63, 3.8) is 0 Å². The fraction of sp³-hybridized carbons (Fsp3) is 0.278. The molecule has 1 aliphatic rings. The highest BCUT2D eigenvalue weighted by atomic mass is 79.9. The van der Waals surface area contributed by atoms with Gasteiger partial charge in [-0.25, -0.2) is 0 Å². The average Bonchev–Trinajstić information content (AvgIpc) is 2.60. The normalized spacial score (nSPS) is 13.7. The van der Waals surface area contributed by atoms with E-state index in [1.165, 1.54) is 0 Å². The summed E-state index contributed by atoms with van der Waals surface area (Å²) in [6.07, 6.45) is 0. The Labute approximate surface area is 144 Å². The first-order chi connectivity index (χ1) is 11.2. The van der Waals surface area contributed by atoms with Crippen LogP contribution in [0.2, 0.25) is 0 Å². The maximum atomic E-state index is 13.1. The standard InChI is InChI=1S/C18H19BrN2O2/c1-3-20-10-11-21(17-7-5-4-6-16(17)20)18(22)14-12-13(23-2)8-9-15(14)19/h4-9,12H,3,10-11H2,1-2H3. The second-order valence-electron chi connectivity index (χ2n) is 5.37. The summed E-state index contributed by atoms with van der Waals surface area (Å²) >= 11 is 3.48. The Morgan fingerprint density at radius 1 is 1.17 bits per heavy atom. The number of halogens is 1. The van der Waals surface area contributed by atoms with Crippen LogP contribution < -0.4 is 14.5 Å². The minimum Gasteiger partial charge on any atom is -0.497 e. The molecular formula is C18H19BrN2O2. The van der Waals surface area contributed by atoms with Crippen molar-refractivity contribution in [2.24, 2.45) is 0 Å². The first kappa shape index (κ1) is 15.9. The molecule has 0 N–H and O–H groups in total. The van der Waals surface area contributed by atoms with E-state index < -0.39 is 0 Å². The van der Waals surface area contributed by atoms with Crippen molar-refractivity contribution in [3.05, 3.63) is 52.5 Å². The highest BCUT2D eigenvalue weighted by Crippen LogP contribution is 2.34. The van der Waals surface area contributed by atoms with Crippen molar-refractivity contribution in [1.29, 1.82) is 0 Å². The van der Waals surface area contributed by atoms with Crippen molar-refractivity contribution >= 4 is 33.2 Å². The van der Waals surface area contributed by atoms with Gasteiger partial charge in [0, 0.05) is 24.1 Å². The topological polar surface area (TPSA) is 32.8 Å². The van der Waals surface area contributed by atoms with Gasteiger partial charge in [-0.2, -0.15) is 0 Å². The highest BCUT2D eigenvalue weighted by Gasteiger charge is 2.27. The summed E-state index contributed by atoms with van der Waals surface area (Å²) in [6.45, 7) is 4.57. The van der Waals surface area contributed by atoms with Crippen molar-refractivity contribution in [2.75, 3.05) is 36.5 Å². The number of amides is 1. The van der Waals surface area contributed by atoms with Crippen LogP contribution in [0.4, 0.5) is 11.4 Å². The van der Waals surface area contributed by atoms with E-state index in [9.17, 15) is 4.79 Å². The number of methoxy groups -OCH3 is 1. The smallest absolute Gasteiger partial charge is 0.259 e. The molecule has 0 atom stereocenters. The number of ether oxygens (including phenoxy) is 1. The summed E-state index contributed by atoms with van der Waals surface area (Å²) in [5.74, 6) is 0.663. The van der Waals surface area contributed by atoms with Crippen LogP contribution in [0, 0.1) is 0 Å². The van der Waals surface area contributed by atoms with Crippen molar-refractivity contribution in [2.45, 2.75) is 6.92 Å². The molecule has 2 aromatic carbocycles. The molecule has 0 spiro atoms. The molecule has 1 amide bonds. The van der Waals surface area contributed by atoms with Gasteiger partial charge in [-0.1, -0.05) is 12.1 Å². The second kappa shape index (κ2) is 6.62. The van der Waals surface area contributed by atoms with Crippen LogP contribution in [-0.2, 0) is 0 Å². The molecule has 3 rings (SSSR count). The summed E-state index contributed by atoms with van der Waals surface area (Å²) in [5, 5.41) is 0. The number of hydrogen-bond acceptors (Lipinski definition) is 3. The zero-order valence-corrected chi connectivity index (χ0v) is 14.8. The van der Waals surface area contributed by atoms with Crippen molar-refractivity contribution in [1.82, 2.24) is 0 Å². The molecule has 0 saturated heterocycles. The van der Waals surface area contributed by atoms with Gasteiger partial charge in [0.05, 0.1) is 24.0 Å². The minimum atomic E-state index is -0.0148. The molecule has 0 radical (unpaired) electrons. The van der Waals surface area contributed by atoms with Gasteiger partial charge < -0.3 is 14.5 Å². The number of carbonyl (C=O) groups is 1. The molecule has 4 nitrogen and oxygen atoms in total. The summed E-state index contributed by atoms with van der Waals surface area (Å²) in [6, 6.07) is 13.5. The number of benzene rings is 2. The van der Waals surface area contributed by atoms with Crippen LogP contribution in [0.25, 0.3) is 0 Å². The Hall–Kier alpha value is -2.01. The number of para-hydroxylation sites is 2. The molecule has 5 heteroatoms. The molecule has 1 heterocycles. The number of carbonyl (C=O) groups excluding carboxylic acids is 1. The number of likely N-dealkylation sites (N-methyl/N-ethyl adjacent to an activating group) is 1.